The number of nitrogens with zero attached hydrogens (tertiary/aromatic N) is 3. The van der Waals surface area contributed by atoms with E-state index in [1.165, 1.54) is 5.69 Å². The Balaban J connectivity index is 1.92. The molecule has 2 aromatic rings. The average Bonchev–Trinajstić information content (AvgIpc) is 2.81. The number of nitrogens with one attached hydrogen (secondary N) is 1. The summed E-state index contributed by atoms with van der Waals surface area (Å²) in [5.74, 6) is 0.892. The molecule has 0 aromatic carbocycles. The summed E-state index contributed by atoms with van der Waals surface area (Å²) in [4.78, 5) is 0. The highest BCUT2D eigenvalue weighted by molar-refractivity contribution is 5.20. The third-order valence-corrected chi connectivity index (χ3v) is 3.36. The Morgan fingerprint density at radius 3 is 2.58 bits per heavy atom. The van der Waals surface area contributed by atoms with E-state index >= 15 is 0 Å². The molecule has 1 atom stereocenters. The van der Waals surface area contributed by atoms with Crippen LogP contribution in [0.1, 0.15) is 35.3 Å². The van der Waals surface area contributed by atoms with Gasteiger partial charge in [-0.05, 0) is 40.7 Å². The molecular weight excluding hydrogens is 240 g/mol. The molecule has 2 rings (SSSR count). The van der Waals surface area contributed by atoms with Gasteiger partial charge in [0.25, 0.3) is 0 Å². The van der Waals surface area contributed by atoms with Gasteiger partial charge >= 0.3 is 0 Å². The van der Waals surface area contributed by atoms with Crippen LogP contribution < -0.4 is 5.32 Å². The first kappa shape index (κ1) is 13.8. The predicted molar refractivity (Wildman–Crippen MR) is 74.0 cm³/mol. The van der Waals surface area contributed by atoms with Crippen LogP contribution in [0, 0.1) is 27.7 Å². The van der Waals surface area contributed by atoms with Crippen molar-refractivity contribution in [3.05, 3.63) is 34.5 Å². The van der Waals surface area contributed by atoms with Crippen molar-refractivity contribution < 1.29 is 4.52 Å². The molecule has 104 valence electrons. The van der Waals surface area contributed by atoms with E-state index in [0.717, 1.165) is 35.8 Å². The summed E-state index contributed by atoms with van der Waals surface area (Å²) in [5, 5.41) is 11.9. The zero-order chi connectivity index (χ0) is 14.0. The van der Waals surface area contributed by atoms with Crippen LogP contribution >= 0.6 is 0 Å². The van der Waals surface area contributed by atoms with Crippen LogP contribution in [0.3, 0.4) is 0 Å². The second-order valence-electron chi connectivity index (χ2n) is 5.19. The smallest absolute Gasteiger partial charge is 0.138 e. The first-order chi connectivity index (χ1) is 8.97. The Bertz CT molecular complexity index is 536. The molecule has 1 N–H and O–H groups in total. The summed E-state index contributed by atoms with van der Waals surface area (Å²) in [6.07, 6.45) is 0. The van der Waals surface area contributed by atoms with Gasteiger partial charge in [0.1, 0.15) is 5.76 Å². The fraction of sp³-hybridized carbons (Fsp3) is 0.571. The van der Waals surface area contributed by atoms with Crippen LogP contribution in [0.5, 0.6) is 0 Å². The summed E-state index contributed by atoms with van der Waals surface area (Å²) in [6.45, 7) is 11.8. The van der Waals surface area contributed by atoms with Gasteiger partial charge in [-0.1, -0.05) is 5.16 Å². The standard InChI is InChI=1S/C14H22N4O/c1-9-6-11(3)18(16-9)8-10(2)15-7-14-12(4)17-19-13(14)5/h6,10,15H,7-8H2,1-5H3/t10-/m1/s1. The number of hydrogen-bond donors (Lipinski definition) is 1. The zero-order valence-electron chi connectivity index (χ0n) is 12.3. The molecule has 0 amide bonds. The normalized spacial score (nSPS) is 12.9. The van der Waals surface area contributed by atoms with Gasteiger partial charge in [-0.3, -0.25) is 4.68 Å². The van der Waals surface area contributed by atoms with Crippen molar-refractivity contribution in [1.29, 1.82) is 0 Å². The fourth-order valence-corrected chi connectivity index (χ4v) is 2.21. The van der Waals surface area contributed by atoms with E-state index in [4.69, 9.17) is 4.52 Å². The second-order valence-corrected chi connectivity index (χ2v) is 5.19. The average molecular weight is 262 g/mol. The first-order valence-corrected chi connectivity index (χ1v) is 6.63. The lowest BCUT2D eigenvalue weighted by Gasteiger charge is -2.14. The summed E-state index contributed by atoms with van der Waals surface area (Å²) in [5.41, 5.74) is 4.38. The molecule has 0 aliphatic rings. The molecular formula is C14H22N4O. The Morgan fingerprint density at radius 1 is 1.32 bits per heavy atom. The van der Waals surface area contributed by atoms with Gasteiger partial charge < -0.3 is 9.84 Å². The maximum absolute atomic E-state index is 5.16. The van der Waals surface area contributed by atoms with Crippen LogP contribution in [0.4, 0.5) is 0 Å². The highest BCUT2D eigenvalue weighted by Gasteiger charge is 2.11. The van der Waals surface area contributed by atoms with Crippen LogP contribution in [0.2, 0.25) is 0 Å². The topological polar surface area (TPSA) is 55.9 Å². The molecule has 5 heteroatoms. The second kappa shape index (κ2) is 5.57. The number of hydrogen-bond acceptors (Lipinski definition) is 4. The number of rotatable bonds is 5. The molecule has 0 fully saturated rings. The van der Waals surface area contributed by atoms with E-state index in [-0.39, 0.29) is 0 Å². The van der Waals surface area contributed by atoms with Crippen LogP contribution in [0.15, 0.2) is 10.6 Å². The van der Waals surface area contributed by atoms with Crippen LogP contribution in [-0.4, -0.2) is 21.0 Å². The highest BCUT2D eigenvalue weighted by Crippen LogP contribution is 2.12. The lowest BCUT2D eigenvalue weighted by molar-refractivity contribution is 0.390. The van der Waals surface area contributed by atoms with E-state index in [9.17, 15) is 0 Å². The van der Waals surface area contributed by atoms with E-state index in [2.05, 4.69) is 35.5 Å². The van der Waals surface area contributed by atoms with E-state index in [1.807, 2.05) is 25.5 Å². The molecule has 5 nitrogen and oxygen atoms in total. The quantitative estimate of drug-likeness (QED) is 0.898. The molecule has 2 heterocycles. The third kappa shape index (κ3) is 3.23. The summed E-state index contributed by atoms with van der Waals surface area (Å²) in [6, 6.07) is 2.44. The molecule has 2 aromatic heterocycles. The Kier molecular flexibility index (Phi) is 4.04. The minimum Gasteiger partial charge on any atom is -0.361 e. The van der Waals surface area contributed by atoms with Crippen LogP contribution in [-0.2, 0) is 13.1 Å². The number of aromatic nitrogens is 3. The van der Waals surface area contributed by atoms with Gasteiger partial charge in [-0.25, -0.2) is 0 Å². The molecule has 19 heavy (non-hydrogen) atoms. The van der Waals surface area contributed by atoms with E-state index < -0.39 is 0 Å². The van der Waals surface area contributed by atoms with Gasteiger partial charge in [0.2, 0.25) is 0 Å². The van der Waals surface area contributed by atoms with Crippen molar-refractivity contribution >= 4 is 0 Å². The lowest BCUT2D eigenvalue weighted by Crippen LogP contribution is -2.31. The number of aryl methyl sites for hydroxylation is 4. The summed E-state index contributed by atoms with van der Waals surface area (Å²) in [7, 11) is 0. The summed E-state index contributed by atoms with van der Waals surface area (Å²) < 4.78 is 7.20. The third-order valence-electron chi connectivity index (χ3n) is 3.36. The maximum Gasteiger partial charge on any atom is 0.138 e. The Morgan fingerprint density at radius 2 is 2.05 bits per heavy atom. The van der Waals surface area contributed by atoms with Gasteiger partial charge in [-0.2, -0.15) is 5.10 Å². The summed E-state index contributed by atoms with van der Waals surface area (Å²) >= 11 is 0. The van der Waals surface area contributed by atoms with Gasteiger partial charge in [0, 0.05) is 23.8 Å². The molecule has 0 saturated carbocycles. The minimum atomic E-state index is 0.340. The Hall–Kier alpha value is -1.62. The van der Waals surface area contributed by atoms with E-state index in [0.29, 0.717) is 6.04 Å². The molecule has 0 aliphatic carbocycles. The lowest BCUT2D eigenvalue weighted by atomic mass is 10.2. The molecule has 0 saturated heterocycles. The molecule has 0 radical (unpaired) electrons. The maximum atomic E-state index is 5.16. The monoisotopic (exact) mass is 262 g/mol. The Labute approximate surface area is 114 Å². The zero-order valence-corrected chi connectivity index (χ0v) is 12.3. The van der Waals surface area contributed by atoms with Crippen molar-refractivity contribution in [3.63, 3.8) is 0 Å². The molecule has 0 aliphatic heterocycles. The molecule has 0 bridgehead atoms. The van der Waals surface area contributed by atoms with Crippen molar-refractivity contribution in [3.8, 4) is 0 Å². The fourth-order valence-electron chi connectivity index (χ4n) is 2.21. The molecule has 0 spiro atoms. The highest BCUT2D eigenvalue weighted by atomic mass is 16.5. The minimum absolute atomic E-state index is 0.340. The van der Waals surface area contributed by atoms with Crippen molar-refractivity contribution in [1.82, 2.24) is 20.3 Å². The largest absolute Gasteiger partial charge is 0.361 e. The van der Waals surface area contributed by atoms with Crippen molar-refractivity contribution in [2.24, 2.45) is 0 Å². The van der Waals surface area contributed by atoms with Gasteiger partial charge in [0.05, 0.1) is 17.9 Å². The first-order valence-electron chi connectivity index (χ1n) is 6.63. The molecule has 0 unspecified atom stereocenters. The van der Waals surface area contributed by atoms with Crippen molar-refractivity contribution in [2.75, 3.05) is 0 Å². The van der Waals surface area contributed by atoms with Gasteiger partial charge in [0.15, 0.2) is 0 Å². The SMILES string of the molecule is Cc1cc(C)n(C[C@@H](C)NCc2c(C)noc2C)n1. The predicted octanol–water partition coefficient (Wildman–Crippen LogP) is 2.28. The van der Waals surface area contributed by atoms with E-state index in [1.54, 1.807) is 0 Å². The van der Waals surface area contributed by atoms with Crippen molar-refractivity contribution in [2.45, 2.75) is 53.8 Å². The van der Waals surface area contributed by atoms with Gasteiger partial charge in [-0.15, -0.1) is 0 Å². The van der Waals surface area contributed by atoms with Crippen LogP contribution in [0.25, 0.3) is 0 Å².